The van der Waals surface area contributed by atoms with Gasteiger partial charge in [0.1, 0.15) is 23.8 Å². The number of nitrogens with one attached hydrogen (secondary N) is 1. The van der Waals surface area contributed by atoms with Gasteiger partial charge < -0.3 is 5.32 Å². The molecule has 0 aliphatic rings. The first-order valence-electron chi connectivity index (χ1n) is 6.88. The standard InChI is InChI=1S/C16H15N5O/c1-12-17-7-8-21(12)15-10-14(18-11-19-15)20-16(22)9-13-5-3-2-4-6-13/h2-8,10-11H,9H2,1H3,(H,18,19,20,22). The molecular weight excluding hydrogens is 278 g/mol. The van der Waals surface area contributed by atoms with Crippen molar-refractivity contribution in [2.75, 3.05) is 5.32 Å². The molecule has 0 bridgehead atoms. The van der Waals surface area contributed by atoms with Gasteiger partial charge in [-0.25, -0.2) is 15.0 Å². The van der Waals surface area contributed by atoms with Gasteiger partial charge in [-0.3, -0.25) is 9.36 Å². The Morgan fingerprint density at radius 2 is 2.00 bits per heavy atom. The van der Waals surface area contributed by atoms with Crippen molar-refractivity contribution in [3.63, 3.8) is 0 Å². The van der Waals surface area contributed by atoms with Crippen molar-refractivity contribution in [1.29, 1.82) is 0 Å². The van der Waals surface area contributed by atoms with Crippen LogP contribution in [0.3, 0.4) is 0 Å². The van der Waals surface area contributed by atoms with Crippen LogP contribution in [0.25, 0.3) is 5.82 Å². The summed E-state index contributed by atoms with van der Waals surface area (Å²) in [6.07, 6.45) is 5.25. The molecule has 0 spiro atoms. The summed E-state index contributed by atoms with van der Waals surface area (Å²) in [7, 11) is 0. The number of hydrogen-bond acceptors (Lipinski definition) is 4. The Kier molecular flexibility index (Phi) is 3.91. The van der Waals surface area contributed by atoms with Crippen LogP contribution in [0.4, 0.5) is 5.82 Å². The number of anilines is 1. The van der Waals surface area contributed by atoms with E-state index in [-0.39, 0.29) is 5.91 Å². The van der Waals surface area contributed by atoms with Gasteiger partial charge in [0.05, 0.1) is 6.42 Å². The average molecular weight is 293 g/mol. The van der Waals surface area contributed by atoms with E-state index in [1.54, 1.807) is 12.3 Å². The Hall–Kier alpha value is -3.02. The zero-order valence-corrected chi connectivity index (χ0v) is 12.1. The lowest BCUT2D eigenvalue weighted by Gasteiger charge is -2.07. The molecule has 1 aromatic carbocycles. The Balaban J connectivity index is 1.73. The molecule has 3 rings (SSSR count). The fourth-order valence-electron chi connectivity index (χ4n) is 2.14. The summed E-state index contributed by atoms with van der Waals surface area (Å²) in [6.45, 7) is 1.88. The lowest BCUT2D eigenvalue weighted by Crippen LogP contribution is -2.15. The highest BCUT2D eigenvalue weighted by Gasteiger charge is 2.07. The predicted octanol–water partition coefficient (Wildman–Crippen LogP) is 2.15. The summed E-state index contributed by atoms with van der Waals surface area (Å²) in [5.74, 6) is 1.84. The van der Waals surface area contributed by atoms with E-state index in [2.05, 4.69) is 20.3 Å². The molecular formula is C16H15N5O. The van der Waals surface area contributed by atoms with E-state index in [1.807, 2.05) is 48.0 Å². The maximum Gasteiger partial charge on any atom is 0.229 e. The van der Waals surface area contributed by atoms with E-state index in [1.165, 1.54) is 6.33 Å². The maximum atomic E-state index is 12.1. The molecule has 0 aliphatic carbocycles. The minimum absolute atomic E-state index is 0.113. The third kappa shape index (κ3) is 3.17. The summed E-state index contributed by atoms with van der Waals surface area (Å²) in [6, 6.07) is 11.3. The first-order valence-corrected chi connectivity index (χ1v) is 6.88. The van der Waals surface area contributed by atoms with Crippen LogP contribution in [0, 0.1) is 6.92 Å². The summed E-state index contributed by atoms with van der Waals surface area (Å²) in [5, 5.41) is 2.79. The lowest BCUT2D eigenvalue weighted by atomic mass is 10.1. The highest BCUT2D eigenvalue weighted by molar-refractivity contribution is 5.91. The van der Waals surface area contributed by atoms with Crippen LogP contribution < -0.4 is 5.32 Å². The van der Waals surface area contributed by atoms with Gasteiger partial charge in [0.25, 0.3) is 0 Å². The number of benzene rings is 1. The van der Waals surface area contributed by atoms with E-state index >= 15 is 0 Å². The first-order chi connectivity index (χ1) is 10.7. The highest BCUT2D eigenvalue weighted by atomic mass is 16.1. The molecule has 0 aliphatic heterocycles. The van der Waals surface area contributed by atoms with Crippen LogP contribution >= 0.6 is 0 Å². The third-order valence-electron chi connectivity index (χ3n) is 3.20. The van der Waals surface area contributed by atoms with Crippen molar-refractivity contribution < 1.29 is 4.79 Å². The molecule has 3 aromatic rings. The molecule has 1 N–H and O–H groups in total. The van der Waals surface area contributed by atoms with E-state index in [9.17, 15) is 4.79 Å². The lowest BCUT2D eigenvalue weighted by molar-refractivity contribution is -0.115. The molecule has 2 heterocycles. The minimum atomic E-state index is -0.113. The summed E-state index contributed by atoms with van der Waals surface area (Å²) < 4.78 is 1.83. The van der Waals surface area contributed by atoms with Crippen LogP contribution in [-0.2, 0) is 11.2 Å². The van der Waals surface area contributed by atoms with Gasteiger partial charge in [-0.2, -0.15) is 0 Å². The molecule has 1 amide bonds. The van der Waals surface area contributed by atoms with Crippen LogP contribution in [0.5, 0.6) is 0 Å². The fraction of sp³-hybridized carbons (Fsp3) is 0.125. The Bertz CT molecular complexity index is 782. The predicted molar refractivity (Wildman–Crippen MR) is 82.7 cm³/mol. The van der Waals surface area contributed by atoms with Gasteiger partial charge in [-0.15, -0.1) is 0 Å². The maximum absolute atomic E-state index is 12.1. The summed E-state index contributed by atoms with van der Waals surface area (Å²) >= 11 is 0. The Morgan fingerprint density at radius 3 is 2.73 bits per heavy atom. The second-order valence-corrected chi connectivity index (χ2v) is 4.82. The van der Waals surface area contributed by atoms with Crippen molar-refractivity contribution in [2.45, 2.75) is 13.3 Å². The number of aryl methyl sites for hydroxylation is 1. The second kappa shape index (κ2) is 6.17. The van der Waals surface area contributed by atoms with E-state index in [0.717, 1.165) is 11.4 Å². The van der Waals surface area contributed by atoms with Crippen molar-refractivity contribution in [2.24, 2.45) is 0 Å². The SMILES string of the molecule is Cc1nccn1-c1cc(NC(=O)Cc2ccccc2)ncn1. The number of carbonyl (C=O) groups is 1. The fourth-order valence-corrected chi connectivity index (χ4v) is 2.14. The van der Waals surface area contributed by atoms with E-state index in [4.69, 9.17) is 0 Å². The van der Waals surface area contributed by atoms with Crippen molar-refractivity contribution in [3.05, 3.63) is 66.5 Å². The molecule has 0 saturated heterocycles. The van der Waals surface area contributed by atoms with Gasteiger partial charge in [-0.1, -0.05) is 30.3 Å². The number of imidazole rings is 1. The highest BCUT2D eigenvalue weighted by Crippen LogP contribution is 2.11. The second-order valence-electron chi connectivity index (χ2n) is 4.82. The Morgan fingerprint density at radius 1 is 1.18 bits per heavy atom. The molecule has 2 aromatic heterocycles. The molecule has 0 atom stereocenters. The number of aromatic nitrogens is 4. The van der Waals surface area contributed by atoms with Crippen molar-refractivity contribution in [1.82, 2.24) is 19.5 Å². The van der Waals surface area contributed by atoms with E-state index in [0.29, 0.717) is 18.1 Å². The first kappa shape index (κ1) is 13.9. The zero-order valence-electron chi connectivity index (χ0n) is 12.1. The number of nitrogens with zero attached hydrogens (tertiary/aromatic N) is 4. The minimum Gasteiger partial charge on any atom is -0.310 e. The quantitative estimate of drug-likeness (QED) is 0.800. The number of amides is 1. The number of rotatable bonds is 4. The molecule has 110 valence electrons. The molecule has 6 nitrogen and oxygen atoms in total. The average Bonchev–Trinajstić information content (AvgIpc) is 2.94. The van der Waals surface area contributed by atoms with Crippen LogP contribution in [0.2, 0.25) is 0 Å². The number of hydrogen-bond donors (Lipinski definition) is 1. The van der Waals surface area contributed by atoms with Crippen LogP contribution in [0.15, 0.2) is 55.1 Å². The zero-order chi connectivity index (χ0) is 15.4. The monoisotopic (exact) mass is 293 g/mol. The third-order valence-corrected chi connectivity index (χ3v) is 3.20. The van der Waals surface area contributed by atoms with Gasteiger partial charge in [-0.05, 0) is 12.5 Å². The number of carbonyl (C=O) groups excluding carboxylic acids is 1. The molecule has 0 radical (unpaired) electrons. The van der Waals surface area contributed by atoms with Gasteiger partial charge in [0, 0.05) is 18.5 Å². The Labute approximate surface area is 127 Å². The molecule has 0 saturated carbocycles. The van der Waals surface area contributed by atoms with Crippen LogP contribution in [0.1, 0.15) is 11.4 Å². The van der Waals surface area contributed by atoms with Crippen molar-refractivity contribution >= 4 is 11.7 Å². The summed E-state index contributed by atoms with van der Waals surface area (Å²) in [4.78, 5) is 24.5. The van der Waals surface area contributed by atoms with Gasteiger partial charge in [0.2, 0.25) is 5.91 Å². The topological polar surface area (TPSA) is 72.7 Å². The van der Waals surface area contributed by atoms with Gasteiger partial charge in [0.15, 0.2) is 0 Å². The largest absolute Gasteiger partial charge is 0.310 e. The van der Waals surface area contributed by atoms with Crippen LogP contribution in [-0.4, -0.2) is 25.4 Å². The normalized spacial score (nSPS) is 10.4. The summed E-state index contributed by atoms with van der Waals surface area (Å²) in [5.41, 5.74) is 0.958. The van der Waals surface area contributed by atoms with Gasteiger partial charge >= 0.3 is 0 Å². The smallest absolute Gasteiger partial charge is 0.229 e. The molecule has 22 heavy (non-hydrogen) atoms. The molecule has 0 fully saturated rings. The molecule has 6 heteroatoms. The molecule has 0 unspecified atom stereocenters. The van der Waals surface area contributed by atoms with E-state index < -0.39 is 0 Å². The van der Waals surface area contributed by atoms with Crippen molar-refractivity contribution in [3.8, 4) is 5.82 Å².